The minimum atomic E-state index is -0.0746. The van der Waals surface area contributed by atoms with Crippen LogP contribution in [0.5, 0.6) is 5.75 Å². The van der Waals surface area contributed by atoms with Gasteiger partial charge in [-0.25, -0.2) is 0 Å². The zero-order valence-electron chi connectivity index (χ0n) is 16.4. The molecule has 1 amide bonds. The van der Waals surface area contributed by atoms with Crippen LogP contribution in [0.4, 0.5) is 5.82 Å². The van der Waals surface area contributed by atoms with Crippen LogP contribution in [-0.2, 0) is 11.3 Å². The molecule has 3 aromatic rings. The predicted molar refractivity (Wildman–Crippen MR) is 110 cm³/mol. The number of piperidine rings is 1. The lowest BCUT2D eigenvalue weighted by molar-refractivity contribution is -0.125. The zero-order valence-corrected chi connectivity index (χ0v) is 16.4. The van der Waals surface area contributed by atoms with Crippen LogP contribution in [0, 0.1) is 5.92 Å². The molecule has 1 atom stereocenters. The molecule has 1 aromatic carbocycles. The van der Waals surface area contributed by atoms with Crippen LogP contribution in [-0.4, -0.2) is 36.3 Å². The van der Waals surface area contributed by atoms with Gasteiger partial charge in [0.15, 0.2) is 5.82 Å². The average molecular weight is 392 g/mol. The van der Waals surface area contributed by atoms with Gasteiger partial charge in [-0.1, -0.05) is 12.1 Å². The van der Waals surface area contributed by atoms with Crippen molar-refractivity contribution in [1.29, 1.82) is 0 Å². The second-order valence-corrected chi connectivity index (χ2v) is 7.06. The fraction of sp³-hybridized carbons (Fsp3) is 0.318. The molecule has 1 fully saturated rings. The van der Waals surface area contributed by atoms with Gasteiger partial charge < -0.3 is 19.4 Å². The summed E-state index contributed by atoms with van der Waals surface area (Å²) in [4.78, 5) is 14.7. The van der Waals surface area contributed by atoms with Gasteiger partial charge in [-0.05, 0) is 49.2 Å². The van der Waals surface area contributed by atoms with Crippen molar-refractivity contribution in [3.8, 4) is 17.0 Å². The fourth-order valence-corrected chi connectivity index (χ4v) is 3.62. The highest BCUT2D eigenvalue weighted by atomic mass is 16.5. The smallest absolute Gasteiger partial charge is 0.225 e. The van der Waals surface area contributed by atoms with E-state index in [2.05, 4.69) is 20.4 Å². The summed E-state index contributed by atoms with van der Waals surface area (Å²) in [7, 11) is 1.64. The van der Waals surface area contributed by atoms with Gasteiger partial charge in [0.05, 0.1) is 31.5 Å². The number of nitrogens with one attached hydrogen (secondary N) is 1. The molecule has 0 radical (unpaired) electrons. The molecule has 0 saturated carbocycles. The number of hydrogen-bond donors (Lipinski definition) is 1. The molecule has 7 heteroatoms. The highest BCUT2D eigenvalue weighted by Crippen LogP contribution is 2.29. The molecule has 1 aliphatic rings. The predicted octanol–water partition coefficient (Wildman–Crippen LogP) is 3.28. The zero-order chi connectivity index (χ0) is 20.1. The molecule has 1 saturated heterocycles. The second-order valence-electron chi connectivity index (χ2n) is 7.06. The number of methoxy groups -OCH3 is 1. The molecule has 3 heterocycles. The van der Waals surface area contributed by atoms with Crippen LogP contribution in [0.1, 0.15) is 18.6 Å². The molecule has 29 heavy (non-hydrogen) atoms. The molecule has 150 valence electrons. The molecule has 7 nitrogen and oxygen atoms in total. The van der Waals surface area contributed by atoms with Crippen LogP contribution in [0.25, 0.3) is 11.3 Å². The van der Waals surface area contributed by atoms with Crippen molar-refractivity contribution in [2.75, 3.05) is 25.1 Å². The van der Waals surface area contributed by atoms with Gasteiger partial charge in [0, 0.05) is 18.7 Å². The van der Waals surface area contributed by atoms with E-state index >= 15 is 0 Å². The van der Waals surface area contributed by atoms with Crippen molar-refractivity contribution < 1.29 is 13.9 Å². The first-order chi connectivity index (χ1) is 14.2. The van der Waals surface area contributed by atoms with E-state index in [1.54, 1.807) is 13.4 Å². The van der Waals surface area contributed by atoms with E-state index in [1.165, 1.54) is 0 Å². The quantitative estimate of drug-likeness (QED) is 0.693. The standard InChI is InChI=1S/C22H24N4O3/c1-28-20-9-3-2-8-18(20)19-10-11-21(25-24-19)26-12-4-6-16(15-26)22(27)23-14-17-7-5-13-29-17/h2-3,5,7-11,13,16H,4,6,12,14-15H2,1H3,(H,23,27)/t16-/m0/s1. The Kier molecular flexibility index (Phi) is 5.74. The number of ether oxygens (including phenoxy) is 1. The van der Waals surface area contributed by atoms with Crippen LogP contribution in [0.3, 0.4) is 0 Å². The van der Waals surface area contributed by atoms with E-state index in [9.17, 15) is 4.79 Å². The number of aromatic nitrogens is 2. The van der Waals surface area contributed by atoms with Gasteiger partial charge in [-0.15, -0.1) is 10.2 Å². The van der Waals surface area contributed by atoms with E-state index in [0.29, 0.717) is 13.1 Å². The lowest BCUT2D eigenvalue weighted by Gasteiger charge is -2.32. The van der Waals surface area contributed by atoms with Gasteiger partial charge in [0.25, 0.3) is 0 Å². The summed E-state index contributed by atoms with van der Waals surface area (Å²) >= 11 is 0. The number of carbonyl (C=O) groups is 1. The first kappa shape index (κ1) is 19.0. The number of furan rings is 1. The molecular formula is C22H24N4O3. The number of anilines is 1. The Morgan fingerprint density at radius 1 is 1.21 bits per heavy atom. The minimum absolute atomic E-state index is 0.0460. The third kappa shape index (κ3) is 4.39. The SMILES string of the molecule is COc1ccccc1-c1ccc(N2CCC[C@H](C(=O)NCc3ccco3)C2)nn1. The molecule has 0 aliphatic carbocycles. The van der Waals surface area contributed by atoms with E-state index < -0.39 is 0 Å². The maximum absolute atomic E-state index is 12.6. The Bertz CT molecular complexity index is 941. The lowest BCUT2D eigenvalue weighted by Crippen LogP contribution is -2.43. The van der Waals surface area contributed by atoms with Crippen molar-refractivity contribution >= 4 is 11.7 Å². The largest absolute Gasteiger partial charge is 0.496 e. The first-order valence-corrected chi connectivity index (χ1v) is 9.77. The highest BCUT2D eigenvalue weighted by molar-refractivity contribution is 5.79. The molecule has 1 aliphatic heterocycles. The summed E-state index contributed by atoms with van der Waals surface area (Å²) in [6.07, 6.45) is 3.42. The number of rotatable bonds is 6. The molecule has 2 aromatic heterocycles. The molecule has 0 bridgehead atoms. The van der Waals surface area contributed by atoms with Crippen LogP contribution < -0.4 is 15.0 Å². The van der Waals surface area contributed by atoms with Gasteiger partial charge in [0.1, 0.15) is 11.5 Å². The van der Waals surface area contributed by atoms with E-state index in [0.717, 1.165) is 48.0 Å². The maximum Gasteiger partial charge on any atom is 0.225 e. The number of para-hydroxylation sites is 1. The van der Waals surface area contributed by atoms with E-state index in [4.69, 9.17) is 9.15 Å². The maximum atomic E-state index is 12.6. The van der Waals surface area contributed by atoms with E-state index in [-0.39, 0.29) is 11.8 Å². The highest BCUT2D eigenvalue weighted by Gasteiger charge is 2.26. The van der Waals surface area contributed by atoms with Crippen molar-refractivity contribution in [1.82, 2.24) is 15.5 Å². The summed E-state index contributed by atoms with van der Waals surface area (Å²) in [5.74, 6) is 2.27. The topological polar surface area (TPSA) is 80.5 Å². The molecule has 0 unspecified atom stereocenters. The van der Waals surface area contributed by atoms with Crippen molar-refractivity contribution in [3.05, 3.63) is 60.6 Å². The number of hydrogen-bond acceptors (Lipinski definition) is 6. The Balaban J connectivity index is 1.41. The number of carbonyl (C=O) groups excluding carboxylic acids is 1. The number of nitrogens with zero attached hydrogens (tertiary/aromatic N) is 3. The molecular weight excluding hydrogens is 368 g/mol. The minimum Gasteiger partial charge on any atom is -0.496 e. The fourth-order valence-electron chi connectivity index (χ4n) is 3.62. The summed E-state index contributed by atoms with van der Waals surface area (Å²) in [5, 5.41) is 11.8. The summed E-state index contributed by atoms with van der Waals surface area (Å²) in [6, 6.07) is 15.3. The van der Waals surface area contributed by atoms with Gasteiger partial charge in [0.2, 0.25) is 5.91 Å². The average Bonchev–Trinajstić information content (AvgIpc) is 3.31. The number of benzene rings is 1. The van der Waals surface area contributed by atoms with Gasteiger partial charge in [-0.2, -0.15) is 0 Å². The normalized spacial score (nSPS) is 16.4. The Labute approximate surface area is 169 Å². The Morgan fingerprint density at radius 2 is 2.10 bits per heavy atom. The van der Waals surface area contributed by atoms with Crippen molar-refractivity contribution in [2.24, 2.45) is 5.92 Å². The summed E-state index contributed by atoms with van der Waals surface area (Å²) in [6.45, 7) is 1.91. The van der Waals surface area contributed by atoms with Gasteiger partial charge in [-0.3, -0.25) is 4.79 Å². The molecule has 0 spiro atoms. The first-order valence-electron chi connectivity index (χ1n) is 9.77. The summed E-state index contributed by atoms with van der Waals surface area (Å²) in [5.41, 5.74) is 1.67. The third-order valence-corrected chi connectivity index (χ3v) is 5.17. The van der Waals surface area contributed by atoms with Crippen LogP contribution in [0.15, 0.2) is 59.2 Å². The summed E-state index contributed by atoms with van der Waals surface area (Å²) < 4.78 is 10.7. The van der Waals surface area contributed by atoms with Crippen molar-refractivity contribution in [2.45, 2.75) is 19.4 Å². The Morgan fingerprint density at radius 3 is 2.86 bits per heavy atom. The number of amides is 1. The van der Waals surface area contributed by atoms with Crippen LogP contribution >= 0.6 is 0 Å². The molecule has 4 rings (SSSR count). The van der Waals surface area contributed by atoms with Crippen LogP contribution in [0.2, 0.25) is 0 Å². The monoisotopic (exact) mass is 392 g/mol. The lowest BCUT2D eigenvalue weighted by atomic mass is 9.97. The third-order valence-electron chi connectivity index (χ3n) is 5.17. The van der Waals surface area contributed by atoms with E-state index in [1.807, 2.05) is 48.5 Å². The second kappa shape index (κ2) is 8.77. The van der Waals surface area contributed by atoms with Crippen molar-refractivity contribution in [3.63, 3.8) is 0 Å². The Hall–Kier alpha value is -3.35. The molecule has 1 N–H and O–H groups in total. The van der Waals surface area contributed by atoms with Gasteiger partial charge >= 0.3 is 0 Å².